The van der Waals surface area contributed by atoms with Crippen molar-refractivity contribution in [2.24, 2.45) is 0 Å². The summed E-state index contributed by atoms with van der Waals surface area (Å²) >= 11 is 0. The molecule has 0 radical (unpaired) electrons. The van der Waals surface area contributed by atoms with Gasteiger partial charge in [-0.2, -0.15) is 16.8 Å². The molecule has 6 nitrogen and oxygen atoms in total. The van der Waals surface area contributed by atoms with Crippen LogP contribution < -0.4 is 51.4 Å². The van der Waals surface area contributed by atoms with Crippen LogP contribution in [0.1, 0.15) is 0 Å². The summed E-state index contributed by atoms with van der Waals surface area (Å²) in [5, 5.41) is 0. The van der Waals surface area contributed by atoms with E-state index in [0.29, 0.717) is 0 Å². The quantitative estimate of drug-likeness (QED) is 0.397. The van der Waals surface area contributed by atoms with Crippen molar-refractivity contribution in [1.82, 2.24) is 0 Å². The van der Waals surface area contributed by atoms with Crippen LogP contribution in [0.4, 0.5) is 0 Å². The number of hydrogen-bond acceptors (Lipinski definition) is 6. The van der Waals surface area contributed by atoms with Crippen LogP contribution in [0, 0.1) is 0 Å². The minimum atomic E-state index is -4.20. The van der Waals surface area contributed by atoms with Crippen molar-refractivity contribution in [3.63, 3.8) is 0 Å². The SMILES string of the molecule is O=S(=O)(O)c1ccc(SSc2ccc(S(=O)(=O)O)cc2)cc1.[K+]. The fourth-order valence-corrected chi connectivity index (χ4v) is 4.32. The van der Waals surface area contributed by atoms with E-state index >= 15 is 0 Å². The summed E-state index contributed by atoms with van der Waals surface area (Å²) in [5.74, 6) is 0. The zero-order valence-corrected chi connectivity index (χ0v) is 18.2. The molecule has 2 aromatic carbocycles. The van der Waals surface area contributed by atoms with Crippen LogP contribution in [0.2, 0.25) is 0 Å². The summed E-state index contributed by atoms with van der Waals surface area (Å²) in [5.41, 5.74) is 0. The van der Waals surface area contributed by atoms with Crippen LogP contribution in [0.25, 0.3) is 0 Å². The molecule has 0 atom stereocenters. The fraction of sp³-hybridized carbons (Fsp3) is 0. The molecule has 0 aromatic heterocycles. The van der Waals surface area contributed by atoms with Crippen molar-refractivity contribution in [3.8, 4) is 0 Å². The maximum absolute atomic E-state index is 10.9. The first kappa shape index (κ1) is 21.6. The molecule has 0 unspecified atom stereocenters. The molecule has 0 amide bonds. The van der Waals surface area contributed by atoms with E-state index in [1.54, 1.807) is 24.3 Å². The van der Waals surface area contributed by atoms with Gasteiger partial charge in [-0.1, -0.05) is 21.6 Å². The van der Waals surface area contributed by atoms with E-state index in [1.807, 2.05) is 0 Å². The molecule has 0 saturated heterocycles. The van der Waals surface area contributed by atoms with E-state index in [1.165, 1.54) is 45.9 Å². The van der Waals surface area contributed by atoms with Gasteiger partial charge in [-0.15, -0.1) is 0 Å². The van der Waals surface area contributed by atoms with Crippen molar-refractivity contribution < 1.29 is 77.3 Å². The minimum Gasteiger partial charge on any atom is -0.282 e. The molecule has 0 aliphatic heterocycles. The van der Waals surface area contributed by atoms with Gasteiger partial charge in [-0.05, 0) is 48.5 Å². The molecule has 23 heavy (non-hydrogen) atoms. The summed E-state index contributed by atoms with van der Waals surface area (Å²) < 4.78 is 61.4. The van der Waals surface area contributed by atoms with Gasteiger partial charge >= 0.3 is 51.4 Å². The summed E-state index contributed by atoms with van der Waals surface area (Å²) in [7, 11) is -5.74. The van der Waals surface area contributed by atoms with Crippen LogP contribution in [0.5, 0.6) is 0 Å². The van der Waals surface area contributed by atoms with Gasteiger partial charge in [0, 0.05) is 9.79 Å². The molecular formula is C12H10KO6S4+. The van der Waals surface area contributed by atoms with Crippen LogP contribution in [0.3, 0.4) is 0 Å². The van der Waals surface area contributed by atoms with E-state index in [9.17, 15) is 16.8 Å². The van der Waals surface area contributed by atoms with Gasteiger partial charge < -0.3 is 0 Å². The normalized spacial score (nSPS) is 11.7. The Balaban J connectivity index is 0.00000264. The van der Waals surface area contributed by atoms with Crippen molar-refractivity contribution in [1.29, 1.82) is 0 Å². The van der Waals surface area contributed by atoms with Crippen molar-refractivity contribution >= 4 is 41.8 Å². The van der Waals surface area contributed by atoms with Gasteiger partial charge in [0.15, 0.2) is 0 Å². The average Bonchev–Trinajstić information content (AvgIpc) is 2.44. The van der Waals surface area contributed by atoms with Gasteiger partial charge in [0.25, 0.3) is 20.2 Å². The molecule has 118 valence electrons. The van der Waals surface area contributed by atoms with E-state index in [0.717, 1.165) is 9.79 Å². The van der Waals surface area contributed by atoms with Gasteiger partial charge in [0.05, 0.1) is 9.79 Å². The molecule has 0 aliphatic rings. The van der Waals surface area contributed by atoms with E-state index in [2.05, 4.69) is 0 Å². The summed E-state index contributed by atoms with van der Waals surface area (Å²) in [4.78, 5) is 1.16. The zero-order valence-electron chi connectivity index (χ0n) is 11.8. The second-order valence-electron chi connectivity index (χ2n) is 4.06. The molecule has 0 heterocycles. The van der Waals surface area contributed by atoms with Crippen LogP contribution in [0.15, 0.2) is 68.1 Å². The van der Waals surface area contributed by atoms with Gasteiger partial charge in [0.1, 0.15) is 0 Å². The molecule has 2 rings (SSSR count). The summed E-state index contributed by atoms with van der Waals surface area (Å²) in [6.45, 7) is 0. The van der Waals surface area contributed by atoms with E-state index in [-0.39, 0.29) is 61.2 Å². The number of benzene rings is 2. The molecule has 2 aromatic rings. The molecule has 0 saturated carbocycles. The molecule has 2 N–H and O–H groups in total. The third kappa shape index (κ3) is 6.78. The molecular weight excluding hydrogens is 407 g/mol. The summed E-state index contributed by atoms with van der Waals surface area (Å²) in [6, 6.07) is 11.4. The first-order chi connectivity index (χ1) is 10.2. The van der Waals surface area contributed by atoms with Crippen molar-refractivity contribution in [2.45, 2.75) is 19.6 Å². The number of hydrogen-bond donors (Lipinski definition) is 2. The Morgan fingerprint density at radius 3 is 1.09 bits per heavy atom. The third-order valence-corrected chi connectivity index (χ3v) is 6.63. The average molecular weight is 418 g/mol. The number of rotatable bonds is 5. The van der Waals surface area contributed by atoms with Crippen LogP contribution in [-0.4, -0.2) is 25.9 Å². The maximum Gasteiger partial charge on any atom is 1.00 e. The smallest absolute Gasteiger partial charge is 0.282 e. The van der Waals surface area contributed by atoms with Crippen LogP contribution in [-0.2, 0) is 20.2 Å². The largest absolute Gasteiger partial charge is 1.00 e. The standard InChI is InChI=1S/C12H10O6S4.K/c13-21(14,15)11-5-1-9(2-6-11)19-20-10-3-7-12(8-4-10)22(16,17)18;/h1-8H,(H,13,14,15)(H,16,17,18);/q;+1. The van der Waals surface area contributed by atoms with Gasteiger partial charge in [-0.25, -0.2) is 0 Å². The third-order valence-electron chi connectivity index (χ3n) is 2.48. The zero-order chi connectivity index (χ0) is 16.4. The molecule has 0 bridgehead atoms. The Kier molecular flexibility index (Phi) is 8.28. The van der Waals surface area contributed by atoms with Gasteiger partial charge in [0.2, 0.25) is 0 Å². The first-order valence-electron chi connectivity index (χ1n) is 5.66. The Hall–Kier alpha value is 0.596. The molecule has 11 heteroatoms. The van der Waals surface area contributed by atoms with E-state index in [4.69, 9.17) is 9.11 Å². The second kappa shape index (κ2) is 8.81. The monoisotopic (exact) mass is 417 g/mol. The fourth-order valence-electron chi connectivity index (χ4n) is 1.43. The Morgan fingerprint density at radius 2 is 0.870 bits per heavy atom. The van der Waals surface area contributed by atoms with E-state index < -0.39 is 20.2 Å². The molecule has 0 spiro atoms. The predicted octanol–water partition coefficient (Wildman–Crippen LogP) is -0.0166. The Labute approximate surface area is 184 Å². The second-order valence-corrected chi connectivity index (χ2v) is 9.18. The molecule has 0 fully saturated rings. The summed E-state index contributed by atoms with van der Waals surface area (Å²) in [6.07, 6.45) is 0. The van der Waals surface area contributed by atoms with Crippen molar-refractivity contribution in [2.75, 3.05) is 0 Å². The topological polar surface area (TPSA) is 109 Å². The maximum atomic E-state index is 10.9. The predicted molar refractivity (Wildman–Crippen MR) is 84.2 cm³/mol. The minimum absolute atomic E-state index is 0. The first-order valence-corrected chi connectivity index (χ1v) is 10.7. The Bertz CT molecular complexity index is 785. The Morgan fingerprint density at radius 1 is 0.609 bits per heavy atom. The van der Waals surface area contributed by atoms with Gasteiger partial charge in [-0.3, -0.25) is 9.11 Å². The van der Waals surface area contributed by atoms with Crippen LogP contribution >= 0.6 is 21.6 Å². The molecule has 0 aliphatic carbocycles. The van der Waals surface area contributed by atoms with Crippen molar-refractivity contribution in [3.05, 3.63) is 48.5 Å².